The zero-order chi connectivity index (χ0) is 20.5. The summed E-state index contributed by atoms with van der Waals surface area (Å²) in [5, 5.41) is 7.30. The summed E-state index contributed by atoms with van der Waals surface area (Å²) < 4.78 is 6.53. The largest absolute Gasteiger partial charge is 0.497 e. The molecule has 3 rings (SSSR count). The first kappa shape index (κ1) is 20.3. The molecule has 2 aromatic heterocycles. The van der Waals surface area contributed by atoms with Crippen molar-refractivity contribution in [2.45, 2.75) is 25.8 Å². The van der Waals surface area contributed by atoms with E-state index < -0.39 is 0 Å². The van der Waals surface area contributed by atoms with Crippen LogP contribution in [0, 0.1) is 0 Å². The highest BCUT2D eigenvalue weighted by molar-refractivity contribution is 5.75. The van der Waals surface area contributed by atoms with Gasteiger partial charge in [0, 0.05) is 43.5 Å². The maximum Gasteiger partial charge on any atom is 0.266 e. The van der Waals surface area contributed by atoms with Gasteiger partial charge in [0.2, 0.25) is 5.91 Å². The molecule has 29 heavy (non-hydrogen) atoms. The summed E-state index contributed by atoms with van der Waals surface area (Å²) in [4.78, 5) is 28.1. The summed E-state index contributed by atoms with van der Waals surface area (Å²) in [6, 6.07) is 14.7. The molecule has 150 valence electrons. The molecule has 0 fully saturated rings. The Balaban J connectivity index is 1.44. The van der Waals surface area contributed by atoms with Gasteiger partial charge in [-0.05, 0) is 48.7 Å². The minimum absolute atomic E-state index is 0.0307. The number of methoxy groups -OCH3 is 1. The van der Waals surface area contributed by atoms with Crippen molar-refractivity contribution in [2.75, 3.05) is 13.7 Å². The average Bonchev–Trinajstić information content (AvgIpc) is 2.76. The predicted molar refractivity (Wildman–Crippen MR) is 111 cm³/mol. The number of pyridine rings is 1. The number of amides is 1. The third kappa shape index (κ3) is 6.00. The summed E-state index contributed by atoms with van der Waals surface area (Å²) in [6.07, 6.45) is 5.01. The number of nitrogens with zero attached hydrogens (tertiary/aromatic N) is 3. The van der Waals surface area contributed by atoms with Gasteiger partial charge in [-0.15, -0.1) is 0 Å². The third-order valence-electron chi connectivity index (χ3n) is 4.51. The van der Waals surface area contributed by atoms with Crippen molar-refractivity contribution >= 4 is 5.91 Å². The van der Waals surface area contributed by atoms with Crippen LogP contribution in [0.3, 0.4) is 0 Å². The van der Waals surface area contributed by atoms with Crippen molar-refractivity contribution in [1.29, 1.82) is 0 Å². The van der Waals surface area contributed by atoms with Gasteiger partial charge in [0.15, 0.2) is 0 Å². The molecule has 1 N–H and O–H groups in total. The lowest BCUT2D eigenvalue weighted by Crippen LogP contribution is -2.27. The lowest BCUT2D eigenvalue weighted by atomic mass is 10.1. The molecular formula is C22H24N4O3. The van der Waals surface area contributed by atoms with Crippen molar-refractivity contribution in [3.05, 3.63) is 76.8 Å². The number of hydrogen-bond acceptors (Lipinski definition) is 5. The zero-order valence-electron chi connectivity index (χ0n) is 16.4. The van der Waals surface area contributed by atoms with E-state index >= 15 is 0 Å². The highest BCUT2D eigenvalue weighted by Crippen LogP contribution is 2.13. The number of ether oxygens (including phenoxy) is 1. The number of hydrogen-bond donors (Lipinski definition) is 1. The Bertz CT molecular complexity index is 985. The summed E-state index contributed by atoms with van der Waals surface area (Å²) in [5.74, 6) is 0.784. The number of aryl methyl sites for hydroxylation is 1. The van der Waals surface area contributed by atoms with Gasteiger partial charge in [-0.3, -0.25) is 14.6 Å². The van der Waals surface area contributed by atoms with Crippen LogP contribution in [0.25, 0.3) is 11.3 Å². The predicted octanol–water partition coefficient (Wildman–Crippen LogP) is 2.45. The maximum absolute atomic E-state index is 12.1. The molecule has 1 aromatic carbocycles. The zero-order valence-corrected chi connectivity index (χ0v) is 16.4. The van der Waals surface area contributed by atoms with Gasteiger partial charge >= 0.3 is 0 Å². The molecule has 0 aliphatic carbocycles. The molecule has 1 amide bonds. The molecule has 0 aliphatic rings. The number of aromatic nitrogens is 3. The summed E-state index contributed by atoms with van der Waals surface area (Å²) in [6.45, 7) is 0.963. The summed E-state index contributed by atoms with van der Waals surface area (Å²) in [5.41, 5.74) is 2.55. The Morgan fingerprint density at radius 2 is 1.83 bits per heavy atom. The molecule has 0 unspecified atom stereocenters. The standard InChI is InChI=1S/C22H24N4O3/c1-29-19-6-4-17(5-7-19)10-15-24-21(27)3-2-16-26-22(28)9-8-20(25-26)18-11-13-23-14-12-18/h4-9,11-14H,2-3,10,15-16H2,1H3,(H,24,27). The van der Waals surface area contributed by atoms with Gasteiger partial charge < -0.3 is 10.1 Å². The molecule has 0 atom stereocenters. The van der Waals surface area contributed by atoms with Crippen molar-refractivity contribution in [2.24, 2.45) is 0 Å². The Labute approximate surface area is 169 Å². The van der Waals surface area contributed by atoms with Crippen molar-refractivity contribution in [3.63, 3.8) is 0 Å². The van der Waals surface area contributed by atoms with Crippen LogP contribution in [0.4, 0.5) is 0 Å². The third-order valence-corrected chi connectivity index (χ3v) is 4.51. The first-order valence-corrected chi connectivity index (χ1v) is 9.54. The first-order chi connectivity index (χ1) is 14.2. The number of carbonyl (C=O) groups excluding carboxylic acids is 1. The van der Waals surface area contributed by atoms with Gasteiger partial charge in [-0.2, -0.15) is 5.10 Å². The van der Waals surface area contributed by atoms with Crippen LogP contribution in [0.15, 0.2) is 65.7 Å². The van der Waals surface area contributed by atoms with Crippen LogP contribution < -0.4 is 15.6 Å². The lowest BCUT2D eigenvalue weighted by molar-refractivity contribution is -0.121. The van der Waals surface area contributed by atoms with Crippen LogP contribution in [0.2, 0.25) is 0 Å². The smallest absolute Gasteiger partial charge is 0.266 e. The molecule has 7 nitrogen and oxygen atoms in total. The quantitative estimate of drug-likeness (QED) is 0.605. The maximum atomic E-state index is 12.1. The van der Waals surface area contributed by atoms with E-state index in [0.717, 1.165) is 23.3 Å². The van der Waals surface area contributed by atoms with Gasteiger partial charge in [0.1, 0.15) is 5.75 Å². The number of benzene rings is 1. The molecular weight excluding hydrogens is 368 g/mol. The van der Waals surface area contributed by atoms with E-state index in [1.165, 1.54) is 10.7 Å². The van der Waals surface area contributed by atoms with E-state index in [0.29, 0.717) is 31.6 Å². The van der Waals surface area contributed by atoms with Crippen molar-refractivity contribution in [3.8, 4) is 17.0 Å². The second kappa shape index (κ2) is 10.2. The highest BCUT2D eigenvalue weighted by Gasteiger charge is 2.06. The van der Waals surface area contributed by atoms with Crippen LogP contribution in [0.1, 0.15) is 18.4 Å². The molecule has 0 spiro atoms. The highest BCUT2D eigenvalue weighted by atomic mass is 16.5. The molecule has 2 heterocycles. The van der Waals surface area contributed by atoms with E-state index in [4.69, 9.17) is 4.74 Å². The van der Waals surface area contributed by atoms with E-state index in [9.17, 15) is 9.59 Å². The Morgan fingerprint density at radius 3 is 2.55 bits per heavy atom. The fraction of sp³-hybridized carbons (Fsp3) is 0.273. The number of nitrogens with one attached hydrogen (secondary N) is 1. The van der Waals surface area contributed by atoms with E-state index in [1.54, 1.807) is 25.6 Å². The van der Waals surface area contributed by atoms with Gasteiger partial charge in [0.25, 0.3) is 5.56 Å². The normalized spacial score (nSPS) is 10.5. The SMILES string of the molecule is COc1ccc(CCNC(=O)CCCn2nc(-c3ccncc3)ccc2=O)cc1. The number of carbonyl (C=O) groups is 1. The molecule has 0 aliphatic heterocycles. The van der Waals surface area contributed by atoms with E-state index in [1.807, 2.05) is 36.4 Å². The Morgan fingerprint density at radius 1 is 1.07 bits per heavy atom. The molecule has 0 saturated heterocycles. The lowest BCUT2D eigenvalue weighted by Gasteiger charge is -2.08. The van der Waals surface area contributed by atoms with E-state index in [-0.39, 0.29) is 11.5 Å². The average molecular weight is 392 g/mol. The van der Waals surface area contributed by atoms with Crippen LogP contribution in [-0.4, -0.2) is 34.3 Å². The summed E-state index contributed by atoms with van der Waals surface area (Å²) in [7, 11) is 1.63. The van der Waals surface area contributed by atoms with Gasteiger partial charge in [0.05, 0.1) is 12.8 Å². The van der Waals surface area contributed by atoms with Crippen molar-refractivity contribution in [1.82, 2.24) is 20.1 Å². The molecule has 0 radical (unpaired) electrons. The molecule has 7 heteroatoms. The molecule has 0 bridgehead atoms. The minimum atomic E-state index is -0.178. The Kier molecular flexibility index (Phi) is 7.10. The van der Waals surface area contributed by atoms with Gasteiger partial charge in [-0.25, -0.2) is 4.68 Å². The second-order valence-corrected chi connectivity index (χ2v) is 6.57. The second-order valence-electron chi connectivity index (χ2n) is 6.57. The van der Waals surface area contributed by atoms with Crippen LogP contribution in [0.5, 0.6) is 5.75 Å². The fourth-order valence-corrected chi connectivity index (χ4v) is 2.90. The number of rotatable bonds is 9. The molecule has 3 aromatic rings. The minimum Gasteiger partial charge on any atom is -0.497 e. The summed E-state index contributed by atoms with van der Waals surface area (Å²) >= 11 is 0. The Hall–Kier alpha value is -3.48. The first-order valence-electron chi connectivity index (χ1n) is 9.54. The van der Waals surface area contributed by atoms with Crippen molar-refractivity contribution < 1.29 is 9.53 Å². The fourth-order valence-electron chi connectivity index (χ4n) is 2.90. The van der Waals surface area contributed by atoms with Crippen LogP contribution >= 0.6 is 0 Å². The van der Waals surface area contributed by atoms with Crippen LogP contribution in [-0.2, 0) is 17.8 Å². The monoisotopic (exact) mass is 392 g/mol. The topological polar surface area (TPSA) is 86.1 Å². The van der Waals surface area contributed by atoms with E-state index in [2.05, 4.69) is 15.4 Å². The molecule has 0 saturated carbocycles. The van der Waals surface area contributed by atoms with Gasteiger partial charge in [-0.1, -0.05) is 12.1 Å².